The summed E-state index contributed by atoms with van der Waals surface area (Å²) in [4.78, 5) is 32.4. The number of hydrogen-bond acceptors (Lipinski definition) is 4. The average molecular weight is 473 g/mol. The van der Waals surface area contributed by atoms with Gasteiger partial charge in [-0.3, -0.25) is 9.59 Å². The van der Waals surface area contributed by atoms with Crippen LogP contribution in [-0.4, -0.2) is 33.7 Å². The van der Waals surface area contributed by atoms with E-state index in [0.717, 1.165) is 33.5 Å². The highest BCUT2D eigenvalue weighted by molar-refractivity contribution is 7.99. The zero-order valence-electron chi connectivity index (χ0n) is 19.6. The number of hydrogen-bond donors (Lipinski definition) is 1. The molecule has 4 aromatic rings. The normalized spacial score (nSPS) is 10.9. The number of aromatic nitrogens is 2. The average Bonchev–Trinajstić information content (AvgIpc) is 3.17. The highest BCUT2D eigenvalue weighted by atomic mass is 32.2. The molecule has 0 spiro atoms. The van der Waals surface area contributed by atoms with Crippen LogP contribution in [0.15, 0.2) is 78.0 Å². The Labute approximate surface area is 204 Å². The number of thioether (sulfide) groups is 1. The summed E-state index contributed by atoms with van der Waals surface area (Å²) in [6, 6.07) is 23.4. The van der Waals surface area contributed by atoms with Gasteiger partial charge in [-0.15, -0.1) is 0 Å². The minimum atomic E-state index is -0.117. The van der Waals surface area contributed by atoms with Crippen molar-refractivity contribution in [3.05, 3.63) is 83.9 Å². The quantitative estimate of drug-likeness (QED) is 0.347. The first kappa shape index (κ1) is 23.6. The molecular formula is C27H28N4O2S. The van der Waals surface area contributed by atoms with Crippen LogP contribution in [0.5, 0.6) is 0 Å². The molecular weight excluding hydrogens is 444 g/mol. The summed E-state index contributed by atoms with van der Waals surface area (Å²) in [7, 11) is 0. The molecule has 0 fully saturated rings. The lowest BCUT2D eigenvalue weighted by atomic mass is 10.2. The fourth-order valence-corrected chi connectivity index (χ4v) is 4.61. The number of nitrogens with one attached hydrogen (secondary N) is 1. The largest absolute Gasteiger partial charge is 0.325 e. The smallest absolute Gasteiger partial charge is 0.247 e. The minimum Gasteiger partial charge on any atom is -0.325 e. The number of likely N-dealkylation sites (N-methyl/N-ethyl adjacent to an activating group) is 1. The Hall–Kier alpha value is -3.58. The van der Waals surface area contributed by atoms with Crippen LogP contribution in [0.1, 0.15) is 18.1 Å². The van der Waals surface area contributed by atoms with E-state index in [0.29, 0.717) is 11.7 Å². The molecule has 0 bridgehead atoms. The van der Waals surface area contributed by atoms with Gasteiger partial charge in [0.1, 0.15) is 6.54 Å². The number of imidazole rings is 1. The van der Waals surface area contributed by atoms with Gasteiger partial charge in [0.15, 0.2) is 5.16 Å². The molecule has 0 saturated carbocycles. The lowest BCUT2D eigenvalue weighted by molar-refractivity contribution is -0.119. The summed E-state index contributed by atoms with van der Waals surface area (Å²) < 4.78 is 1.90. The number of nitrogens with zero attached hydrogens (tertiary/aromatic N) is 3. The SMILES string of the molecule is CCN(C(=O)Cn1c(SCC(=O)Nc2ccc(C)cc2)nc2ccccc21)c1cccc(C)c1. The molecule has 4 rings (SSSR count). The highest BCUT2D eigenvalue weighted by Gasteiger charge is 2.19. The topological polar surface area (TPSA) is 67.2 Å². The first-order chi connectivity index (χ1) is 16.4. The number of rotatable bonds is 8. The van der Waals surface area contributed by atoms with E-state index in [4.69, 9.17) is 4.98 Å². The number of benzene rings is 3. The zero-order valence-corrected chi connectivity index (χ0v) is 20.4. The second-order valence-corrected chi connectivity index (χ2v) is 9.09. The van der Waals surface area contributed by atoms with Crippen LogP contribution < -0.4 is 10.2 Å². The van der Waals surface area contributed by atoms with Gasteiger partial charge in [-0.2, -0.15) is 0 Å². The number of fused-ring (bicyclic) bond motifs is 1. The summed E-state index contributed by atoms with van der Waals surface area (Å²) >= 11 is 1.33. The molecule has 0 unspecified atom stereocenters. The van der Waals surface area contributed by atoms with Crippen molar-refractivity contribution in [3.63, 3.8) is 0 Å². The Morgan fingerprint density at radius 3 is 2.47 bits per heavy atom. The molecule has 2 amide bonds. The summed E-state index contributed by atoms with van der Waals surface area (Å²) in [6.45, 7) is 6.70. The summed E-state index contributed by atoms with van der Waals surface area (Å²) in [6.07, 6.45) is 0. The van der Waals surface area contributed by atoms with E-state index >= 15 is 0 Å². The zero-order chi connectivity index (χ0) is 24.1. The second kappa shape index (κ2) is 10.6. The van der Waals surface area contributed by atoms with Crippen LogP contribution in [0.25, 0.3) is 11.0 Å². The van der Waals surface area contributed by atoms with Crippen molar-refractivity contribution < 1.29 is 9.59 Å². The van der Waals surface area contributed by atoms with Crippen LogP contribution in [-0.2, 0) is 16.1 Å². The summed E-state index contributed by atoms with van der Waals surface area (Å²) in [5.74, 6) is 0.0526. The number of anilines is 2. The summed E-state index contributed by atoms with van der Waals surface area (Å²) in [5.41, 5.74) is 5.55. The molecule has 0 aliphatic carbocycles. The number of aryl methyl sites for hydroxylation is 2. The van der Waals surface area contributed by atoms with Gasteiger partial charge in [-0.25, -0.2) is 4.98 Å². The Morgan fingerprint density at radius 1 is 0.971 bits per heavy atom. The van der Waals surface area contributed by atoms with Crippen molar-refractivity contribution in [1.82, 2.24) is 9.55 Å². The standard InChI is InChI=1S/C27H28N4O2S/c1-4-30(22-9-7-8-20(3)16-22)26(33)17-31-24-11-6-5-10-23(24)29-27(31)34-18-25(32)28-21-14-12-19(2)13-15-21/h5-16H,4,17-18H2,1-3H3,(H,28,32). The molecule has 0 radical (unpaired) electrons. The van der Waals surface area contributed by atoms with Gasteiger partial charge in [0.25, 0.3) is 0 Å². The van der Waals surface area contributed by atoms with E-state index in [-0.39, 0.29) is 24.1 Å². The molecule has 1 heterocycles. The number of carbonyl (C=O) groups excluding carboxylic acids is 2. The number of carbonyl (C=O) groups is 2. The first-order valence-electron chi connectivity index (χ1n) is 11.3. The monoisotopic (exact) mass is 472 g/mol. The molecule has 7 heteroatoms. The molecule has 0 aliphatic heterocycles. The molecule has 6 nitrogen and oxygen atoms in total. The fourth-order valence-electron chi connectivity index (χ4n) is 3.80. The third-order valence-electron chi connectivity index (χ3n) is 5.51. The van der Waals surface area contributed by atoms with Gasteiger partial charge in [0.05, 0.1) is 16.8 Å². The van der Waals surface area contributed by atoms with E-state index in [1.165, 1.54) is 11.8 Å². The Bertz CT molecular complexity index is 1310. The van der Waals surface area contributed by atoms with Gasteiger partial charge in [-0.05, 0) is 62.7 Å². The Kier molecular flexibility index (Phi) is 7.33. The van der Waals surface area contributed by atoms with E-state index in [9.17, 15) is 9.59 Å². The second-order valence-electron chi connectivity index (χ2n) is 8.15. The van der Waals surface area contributed by atoms with E-state index in [1.54, 1.807) is 4.90 Å². The van der Waals surface area contributed by atoms with Crippen LogP contribution in [0.4, 0.5) is 11.4 Å². The molecule has 0 aliphatic rings. The van der Waals surface area contributed by atoms with Crippen LogP contribution in [0, 0.1) is 13.8 Å². The van der Waals surface area contributed by atoms with E-state index in [1.807, 2.05) is 98.1 Å². The van der Waals surface area contributed by atoms with Crippen molar-refractivity contribution in [2.75, 3.05) is 22.5 Å². The molecule has 0 saturated heterocycles. The van der Waals surface area contributed by atoms with Crippen LogP contribution >= 0.6 is 11.8 Å². The van der Waals surface area contributed by atoms with Gasteiger partial charge >= 0.3 is 0 Å². The summed E-state index contributed by atoms with van der Waals surface area (Å²) in [5, 5.41) is 3.56. The maximum absolute atomic E-state index is 13.3. The molecule has 0 atom stereocenters. The van der Waals surface area contributed by atoms with Crippen molar-refractivity contribution >= 4 is 46.0 Å². The predicted molar refractivity (Wildman–Crippen MR) is 139 cm³/mol. The van der Waals surface area contributed by atoms with E-state index < -0.39 is 0 Å². The third kappa shape index (κ3) is 5.48. The Morgan fingerprint density at radius 2 is 1.74 bits per heavy atom. The van der Waals surface area contributed by atoms with Gasteiger partial charge in [-0.1, -0.05) is 53.7 Å². The van der Waals surface area contributed by atoms with Gasteiger partial charge < -0.3 is 14.8 Å². The fraction of sp³-hybridized carbons (Fsp3) is 0.222. The maximum Gasteiger partial charge on any atom is 0.247 e. The van der Waals surface area contributed by atoms with Crippen LogP contribution in [0.2, 0.25) is 0 Å². The molecule has 174 valence electrons. The predicted octanol–water partition coefficient (Wildman–Crippen LogP) is 5.44. The van der Waals surface area contributed by atoms with Crippen molar-refractivity contribution in [1.29, 1.82) is 0 Å². The van der Waals surface area contributed by atoms with Crippen molar-refractivity contribution in [2.24, 2.45) is 0 Å². The van der Waals surface area contributed by atoms with Crippen LogP contribution in [0.3, 0.4) is 0 Å². The Balaban J connectivity index is 1.53. The number of amides is 2. The molecule has 34 heavy (non-hydrogen) atoms. The maximum atomic E-state index is 13.3. The third-order valence-corrected chi connectivity index (χ3v) is 6.49. The highest BCUT2D eigenvalue weighted by Crippen LogP contribution is 2.25. The van der Waals surface area contributed by atoms with E-state index in [2.05, 4.69) is 5.32 Å². The minimum absolute atomic E-state index is 0.0257. The lowest BCUT2D eigenvalue weighted by Gasteiger charge is -2.22. The van der Waals surface area contributed by atoms with Gasteiger partial charge in [0, 0.05) is 17.9 Å². The molecule has 1 aromatic heterocycles. The van der Waals surface area contributed by atoms with Gasteiger partial charge in [0.2, 0.25) is 11.8 Å². The number of para-hydroxylation sites is 2. The van der Waals surface area contributed by atoms with Crippen molar-refractivity contribution in [2.45, 2.75) is 32.5 Å². The molecule has 1 N–H and O–H groups in total. The first-order valence-corrected chi connectivity index (χ1v) is 12.2. The lowest BCUT2D eigenvalue weighted by Crippen LogP contribution is -2.33. The molecule has 3 aromatic carbocycles. The van der Waals surface area contributed by atoms with Crippen molar-refractivity contribution in [3.8, 4) is 0 Å².